The van der Waals surface area contributed by atoms with Crippen LogP contribution in [-0.4, -0.2) is 90.3 Å². The van der Waals surface area contributed by atoms with Crippen molar-refractivity contribution in [3.05, 3.63) is 65.6 Å². The first-order valence-electron chi connectivity index (χ1n) is 14.1. The van der Waals surface area contributed by atoms with Gasteiger partial charge in [0, 0.05) is 49.9 Å². The van der Waals surface area contributed by atoms with Crippen molar-refractivity contribution in [3.8, 4) is 34.6 Å². The molecule has 5 rings (SSSR count). The van der Waals surface area contributed by atoms with Crippen LogP contribution in [-0.2, 0) is 15.9 Å². The van der Waals surface area contributed by atoms with E-state index in [0.717, 1.165) is 73.9 Å². The molecule has 2 saturated heterocycles. The van der Waals surface area contributed by atoms with Gasteiger partial charge in [0.1, 0.15) is 23.7 Å². The standard InChI is InChI=1S/C31H36N4O5S.2H2O/c1-36-30-19-23(3-5-29(30)39-13-2-18-41-35-11-16-38-17-12-35)20-31-33-10-7-27(34-31)24-4-6-28(25(21-24)22-32)40-26-8-14-37-15-9-26;;/h3-7,10,19,21,26H,2,8-9,11-18,20H2,1H3;2*1H2. The van der Waals surface area contributed by atoms with E-state index in [-0.39, 0.29) is 17.1 Å². The summed E-state index contributed by atoms with van der Waals surface area (Å²) in [5.74, 6) is 3.71. The summed E-state index contributed by atoms with van der Waals surface area (Å²) >= 11 is 1.86. The second kappa shape index (κ2) is 17.6. The Morgan fingerprint density at radius 2 is 1.74 bits per heavy atom. The first-order chi connectivity index (χ1) is 20.2. The summed E-state index contributed by atoms with van der Waals surface area (Å²) in [6, 6.07) is 15.7. The van der Waals surface area contributed by atoms with Crippen LogP contribution < -0.4 is 14.2 Å². The molecule has 4 N–H and O–H groups in total. The third kappa shape index (κ3) is 9.79. The van der Waals surface area contributed by atoms with Crippen molar-refractivity contribution < 1.29 is 34.6 Å². The zero-order chi connectivity index (χ0) is 28.3. The fourth-order valence-electron chi connectivity index (χ4n) is 4.73. The number of rotatable bonds is 12. The van der Waals surface area contributed by atoms with E-state index in [2.05, 4.69) is 15.4 Å². The highest BCUT2D eigenvalue weighted by Gasteiger charge is 2.18. The number of ether oxygens (including phenoxy) is 5. The summed E-state index contributed by atoms with van der Waals surface area (Å²) in [6.07, 6.45) is 4.96. The molecule has 3 aromatic rings. The highest BCUT2D eigenvalue weighted by atomic mass is 32.2. The summed E-state index contributed by atoms with van der Waals surface area (Å²) in [7, 11) is 1.65. The van der Waals surface area contributed by atoms with Crippen LogP contribution in [0.15, 0.2) is 48.7 Å². The van der Waals surface area contributed by atoms with E-state index in [1.54, 1.807) is 13.3 Å². The largest absolute Gasteiger partial charge is 0.493 e. The van der Waals surface area contributed by atoms with Gasteiger partial charge in [0.25, 0.3) is 0 Å². The molecular weight excluding hydrogens is 572 g/mol. The van der Waals surface area contributed by atoms with Crippen LogP contribution in [0.25, 0.3) is 11.3 Å². The Morgan fingerprint density at radius 1 is 0.977 bits per heavy atom. The van der Waals surface area contributed by atoms with Crippen LogP contribution in [0.2, 0.25) is 0 Å². The van der Waals surface area contributed by atoms with Gasteiger partial charge in [-0.15, -0.1) is 0 Å². The lowest BCUT2D eigenvalue weighted by Gasteiger charge is -2.25. The monoisotopic (exact) mass is 612 g/mol. The highest BCUT2D eigenvalue weighted by molar-refractivity contribution is 7.97. The maximum atomic E-state index is 9.76. The molecule has 0 atom stereocenters. The number of hydrogen-bond donors (Lipinski definition) is 0. The Balaban J connectivity index is 0.00000253. The minimum atomic E-state index is 0. The van der Waals surface area contributed by atoms with E-state index in [1.165, 1.54) is 0 Å². The molecule has 2 aliphatic rings. The number of morpholine rings is 1. The molecule has 3 heterocycles. The summed E-state index contributed by atoms with van der Waals surface area (Å²) in [5.41, 5.74) is 3.12. The van der Waals surface area contributed by atoms with Crippen molar-refractivity contribution in [2.75, 3.05) is 59.0 Å². The molecule has 0 aliphatic carbocycles. The molecule has 0 unspecified atom stereocenters. The minimum absolute atomic E-state index is 0. The smallest absolute Gasteiger partial charge is 0.161 e. The Bertz CT molecular complexity index is 1330. The molecule has 0 saturated carbocycles. The van der Waals surface area contributed by atoms with E-state index in [9.17, 15) is 5.26 Å². The zero-order valence-electron chi connectivity index (χ0n) is 24.4. The molecule has 43 heavy (non-hydrogen) atoms. The van der Waals surface area contributed by atoms with Crippen LogP contribution >= 0.6 is 11.9 Å². The first-order valence-corrected chi connectivity index (χ1v) is 15.0. The lowest BCUT2D eigenvalue weighted by atomic mass is 10.1. The van der Waals surface area contributed by atoms with Gasteiger partial charge in [-0.2, -0.15) is 5.26 Å². The van der Waals surface area contributed by atoms with Crippen LogP contribution in [0.1, 0.15) is 36.2 Å². The second-order valence-corrected chi connectivity index (χ2v) is 11.0. The molecule has 12 heteroatoms. The molecule has 2 fully saturated rings. The molecule has 11 nitrogen and oxygen atoms in total. The number of benzene rings is 2. The molecule has 0 bridgehead atoms. The highest BCUT2D eigenvalue weighted by Crippen LogP contribution is 2.30. The summed E-state index contributed by atoms with van der Waals surface area (Å²) < 4.78 is 30.9. The van der Waals surface area contributed by atoms with Crippen molar-refractivity contribution in [1.29, 1.82) is 5.26 Å². The molecule has 2 aromatic carbocycles. The average molecular weight is 613 g/mol. The Morgan fingerprint density at radius 3 is 2.51 bits per heavy atom. The molecule has 2 aliphatic heterocycles. The third-order valence-corrected chi connectivity index (χ3v) is 8.15. The number of nitriles is 1. The van der Waals surface area contributed by atoms with E-state index in [0.29, 0.717) is 49.1 Å². The van der Waals surface area contributed by atoms with Gasteiger partial charge in [0.2, 0.25) is 0 Å². The van der Waals surface area contributed by atoms with E-state index in [4.69, 9.17) is 28.7 Å². The summed E-state index contributed by atoms with van der Waals surface area (Å²) in [4.78, 5) is 9.27. The second-order valence-electron chi connectivity index (χ2n) is 9.85. The maximum absolute atomic E-state index is 9.76. The van der Waals surface area contributed by atoms with Crippen LogP contribution in [0.3, 0.4) is 0 Å². The van der Waals surface area contributed by atoms with E-state index >= 15 is 0 Å². The first kappa shape index (κ1) is 34.1. The molecule has 0 radical (unpaired) electrons. The van der Waals surface area contributed by atoms with E-state index < -0.39 is 0 Å². The van der Waals surface area contributed by atoms with Gasteiger partial charge in [-0.3, -0.25) is 0 Å². The van der Waals surface area contributed by atoms with Gasteiger partial charge in [-0.05, 0) is 48.4 Å². The number of methoxy groups -OCH3 is 1. The van der Waals surface area contributed by atoms with Crippen molar-refractivity contribution in [2.24, 2.45) is 0 Å². The lowest BCUT2D eigenvalue weighted by Crippen LogP contribution is -2.31. The molecule has 0 amide bonds. The zero-order valence-corrected chi connectivity index (χ0v) is 25.2. The Hall–Kier alpha value is -3.44. The topological polar surface area (TPSA) is 162 Å². The predicted molar refractivity (Wildman–Crippen MR) is 165 cm³/mol. The van der Waals surface area contributed by atoms with E-state index in [1.807, 2.05) is 54.4 Å². The maximum Gasteiger partial charge on any atom is 0.161 e. The predicted octanol–water partition coefficient (Wildman–Crippen LogP) is 3.27. The summed E-state index contributed by atoms with van der Waals surface area (Å²) in [5, 5.41) is 9.76. The number of nitrogens with zero attached hydrogens (tertiary/aromatic N) is 4. The fraction of sp³-hybridized carbons (Fsp3) is 0.452. The van der Waals surface area contributed by atoms with Crippen LogP contribution in [0.4, 0.5) is 0 Å². The van der Waals surface area contributed by atoms with Gasteiger partial charge < -0.3 is 34.6 Å². The van der Waals surface area contributed by atoms with Gasteiger partial charge in [-0.1, -0.05) is 18.0 Å². The van der Waals surface area contributed by atoms with Gasteiger partial charge in [0.15, 0.2) is 11.5 Å². The molecule has 1 aromatic heterocycles. The number of aromatic nitrogens is 2. The van der Waals surface area contributed by atoms with Crippen LogP contribution in [0.5, 0.6) is 17.2 Å². The minimum Gasteiger partial charge on any atom is -0.493 e. The van der Waals surface area contributed by atoms with Crippen molar-refractivity contribution in [2.45, 2.75) is 31.8 Å². The fourth-order valence-corrected chi connectivity index (χ4v) is 5.64. The van der Waals surface area contributed by atoms with Crippen LogP contribution in [0, 0.1) is 11.3 Å². The van der Waals surface area contributed by atoms with Crippen molar-refractivity contribution >= 4 is 11.9 Å². The quantitative estimate of drug-likeness (QED) is 0.219. The Kier molecular flexibility index (Phi) is 14.0. The summed E-state index contributed by atoms with van der Waals surface area (Å²) in [6.45, 7) is 5.57. The molecule has 0 spiro atoms. The molecule has 232 valence electrons. The van der Waals surface area contributed by atoms with Crippen molar-refractivity contribution in [3.63, 3.8) is 0 Å². The van der Waals surface area contributed by atoms with Gasteiger partial charge >= 0.3 is 0 Å². The average Bonchev–Trinajstić information content (AvgIpc) is 3.02. The lowest BCUT2D eigenvalue weighted by molar-refractivity contribution is 0.0254. The van der Waals surface area contributed by atoms with Gasteiger partial charge in [0.05, 0.1) is 51.4 Å². The number of hydrogen-bond acceptors (Lipinski definition) is 10. The molecular formula is C31H40N4O7S. The third-order valence-electron chi connectivity index (χ3n) is 6.94. The normalized spacial score (nSPS) is 15.4. The van der Waals surface area contributed by atoms with Crippen molar-refractivity contribution in [1.82, 2.24) is 14.3 Å². The van der Waals surface area contributed by atoms with Gasteiger partial charge in [-0.25, -0.2) is 14.3 Å². The SMILES string of the molecule is COc1cc(Cc2nccc(-c3ccc(OC4CCOCC4)c(C#N)c3)n2)ccc1OCCCSN1CCOCC1.O.O. The Labute approximate surface area is 256 Å².